The van der Waals surface area contributed by atoms with Crippen molar-refractivity contribution in [3.8, 4) is 0 Å². The minimum atomic E-state index is -3.29. The topological polar surface area (TPSA) is 66.6 Å². The van der Waals surface area contributed by atoms with Crippen LogP contribution in [0.5, 0.6) is 0 Å². The largest absolute Gasteiger partial charge is 0.330 e. The van der Waals surface area contributed by atoms with Crippen LogP contribution in [0.25, 0.3) is 0 Å². The zero-order valence-electron chi connectivity index (χ0n) is 11.0. The molecule has 0 aromatic carbocycles. The van der Waals surface area contributed by atoms with Crippen LogP contribution in [-0.2, 0) is 10.2 Å². The average molecular weight is 273 g/mol. The van der Waals surface area contributed by atoms with Gasteiger partial charge in [0.25, 0.3) is 10.2 Å². The summed E-state index contributed by atoms with van der Waals surface area (Å²) < 4.78 is 28.3. The van der Waals surface area contributed by atoms with Crippen molar-refractivity contribution >= 4 is 10.2 Å². The van der Waals surface area contributed by atoms with Gasteiger partial charge >= 0.3 is 0 Å². The molecule has 6 heteroatoms. The van der Waals surface area contributed by atoms with Crippen molar-refractivity contribution < 1.29 is 8.42 Å². The van der Waals surface area contributed by atoms with Gasteiger partial charge in [-0.25, -0.2) is 0 Å². The number of nitrogens with two attached hydrogens (primary N) is 1. The monoisotopic (exact) mass is 273 g/mol. The summed E-state index contributed by atoms with van der Waals surface area (Å²) in [6, 6.07) is 0. The Labute approximate surface area is 110 Å². The van der Waals surface area contributed by atoms with E-state index in [1.807, 2.05) is 6.92 Å². The Kier molecular flexibility index (Phi) is 4.42. The Hall–Kier alpha value is -0.430. The van der Waals surface area contributed by atoms with E-state index in [4.69, 9.17) is 5.73 Å². The van der Waals surface area contributed by atoms with E-state index in [1.165, 1.54) is 0 Å². The maximum atomic E-state index is 12.5. The molecule has 2 heterocycles. The van der Waals surface area contributed by atoms with Crippen LogP contribution in [0.3, 0.4) is 0 Å². The lowest BCUT2D eigenvalue weighted by Crippen LogP contribution is -2.50. The quantitative estimate of drug-likeness (QED) is 0.764. The molecule has 0 saturated carbocycles. The second kappa shape index (κ2) is 5.69. The summed E-state index contributed by atoms with van der Waals surface area (Å²) in [5, 5.41) is 0. The third-order valence-electron chi connectivity index (χ3n) is 3.76. The Morgan fingerprint density at radius 3 is 2.83 bits per heavy atom. The fourth-order valence-electron chi connectivity index (χ4n) is 2.67. The molecule has 1 unspecified atom stereocenters. The van der Waals surface area contributed by atoms with Gasteiger partial charge in [0.2, 0.25) is 0 Å². The second-order valence-electron chi connectivity index (χ2n) is 5.28. The fourth-order valence-corrected chi connectivity index (χ4v) is 4.45. The molecule has 2 N–H and O–H groups in total. The highest BCUT2D eigenvalue weighted by Crippen LogP contribution is 2.22. The smallest absolute Gasteiger partial charge is 0.282 e. The summed E-state index contributed by atoms with van der Waals surface area (Å²) in [4.78, 5) is 0. The fraction of sp³-hybridized carbons (Fsp3) is 0.833. The second-order valence-corrected chi connectivity index (χ2v) is 7.21. The highest BCUT2D eigenvalue weighted by Gasteiger charge is 2.33. The third kappa shape index (κ3) is 2.93. The summed E-state index contributed by atoms with van der Waals surface area (Å²) in [7, 11) is -3.29. The van der Waals surface area contributed by atoms with Gasteiger partial charge in [0.15, 0.2) is 0 Å². The summed E-state index contributed by atoms with van der Waals surface area (Å²) >= 11 is 0. The van der Waals surface area contributed by atoms with Gasteiger partial charge < -0.3 is 5.73 Å². The first-order valence-electron chi connectivity index (χ1n) is 6.65. The standard InChI is InChI=1S/C12H23N3O2S/c1-11-4-2-6-14(9-11)18(16,17)15-7-3-5-12(8-13)10-15/h4,12H,2-3,5-10,13H2,1H3. The summed E-state index contributed by atoms with van der Waals surface area (Å²) in [6.07, 6.45) is 4.90. The number of hydrogen-bond donors (Lipinski definition) is 1. The molecule has 1 fully saturated rings. The van der Waals surface area contributed by atoms with Crippen molar-refractivity contribution in [2.75, 3.05) is 32.7 Å². The third-order valence-corrected chi connectivity index (χ3v) is 5.71. The normalized spacial score (nSPS) is 28.1. The maximum absolute atomic E-state index is 12.5. The van der Waals surface area contributed by atoms with Gasteiger partial charge in [-0.05, 0) is 38.6 Å². The van der Waals surface area contributed by atoms with Crippen molar-refractivity contribution in [2.24, 2.45) is 11.7 Å². The summed E-state index contributed by atoms with van der Waals surface area (Å²) in [6.45, 7) is 4.91. The zero-order valence-corrected chi connectivity index (χ0v) is 11.8. The van der Waals surface area contributed by atoms with Gasteiger partial charge in [0, 0.05) is 26.2 Å². The van der Waals surface area contributed by atoms with Crippen LogP contribution >= 0.6 is 0 Å². The lowest BCUT2D eigenvalue weighted by molar-refractivity contribution is 0.251. The molecule has 0 aliphatic carbocycles. The molecular formula is C12H23N3O2S. The first kappa shape index (κ1) is 14.0. The van der Waals surface area contributed by atoms with E-state index < -0.39 is 10.2 Å². The molecule has 1 saturated heterocycles. The molecule has 18 heavy (non-hydrogen) atoms. The Morgan fingerprint density at radius 1 is 1.39 bits per heavy atom. The number of nitrogens with zero attached hydrogens (tertiary/aromatic N) is 2. The molecule has 2 aliphatic heterocycles. The van der Waals surface area contributed by atoms with Crippen LogP contribution in [0.4, 0.5) is 0 Å². The van der Waals surface area contributed by atoms with Crippen LogP contribution in [0.2, 0.25) is 0 Å². The van der Waals surface area contributed by atoms with E-state index in [1.54, 1.807) is 8.61 Å². The molecule has 5 nitrogen and oxygen atoms in total. The zero-order chi connectivity index (χ0) is 13.2. The highest BCUT2D eigenvalue weighted by molar-refractivity contribution is 7.86. The molecule has 1 atom stereocenters. The molecule has 0 bridgehead atoms. The number of hydrogen-bond acceptors (Lipinski definition) is 3. The van der Waals surface area contributed by atoms with Gasteiger partial charge in [-0.2, -0.15) is 17.0 Å². The molecule has 2 aliphatic rings. The average Bonchev–Trinajstić information content (AvgIpc) is 2.39. The van der Waals surface area contributed by atoms with Crippen LogP contribution < -0.4 is 5.73 Å². The van der Waals surface area contributed by atoms with Crippen LogP contribution in [-0.4, -0.2) is 49.8 Å². The molecule has 104 valence electrons. The van der Waals surface area contributed by atoms with Crippen LogP contribution in [0.15, 0.2) is 11.6 Å². The number of piperidine rings is 1. The van der Waals surface area contributed by atoms with Crippen LogP contribution in [0.1, 0.15) is 26.2 Å². The molecule has 0 spiro atoms. The summed E-state index contributed by atoms with van der Waals surface area (Å²) in [5.41, 5.74) is 6.80. The van der Waals surface area contributed by atoms with Crippen LogP contribution in [0, 0.1) is 5.92 Å². The van der Waals surface area contributed by atoms with Crippen molar-refractivity contribution in [1.29, 1.82) is 0 Å². The van der Waals surface area contributed by atoms with Gasteiger partial charge in [-0.15, -0.1) is 0 Å². The lowest BCUT2D eigenvalue weighted by Gasteiger charge is -2.36. The molecule has 0 amide bonds. The van der Waals surface area contributed by atoms with E-state index in [-0.39, 0.29) is 0 Å². The lowest BCUT2D eigenvalue weighted by atomic mass is 10.0. The predicted octanol–water partition coefficient (Wildman–Crippen LogP) is 0.554. The highest BCUT2D eigenvalue weighted by atomic mass is 32.2. The van der Waals surface area contributed by atoms with E-state index >= 15 is 0 Å². The molecule has 0 radical (unpaired) electrons. The predicted molar refractivity (Wildman–Crippen MR) is 72.2 cm³/mol. The van der Waals surface area contributed by atoms with E-state index in [2.05, 4.69) is 6.08 Å². The molecular weight excluding hydrogens is 250 g/mol. The Bertz CT molecular complexity index is 419. The van der Waals surface area contributed by atoms with Gasteiger partial charge in [0.05, 0.1) is 0 Å². The van der Waals surface area contributed by atoms with Crippen molar-refractivity contribution in [2.45, 2.75) is 26.2 Å². The van der Waals surface area contributed by atoms with E-state index in [9.17, 15) is 8.42 Å². The minimum absolute atomic E-state index is 0.315. The molecule has 2 rings (SSSR count). The minimum Gasteiger partial charge on any atom is -0.330 e. The van der Waals surface area contributed by atoms with Gasteiger partial charge in [0.1, 0.15) is 0 Å². The molecule has 0 aromatic rings. The van der Waals surface area contributed by atoms with E-state index in [0.717, 1.165) is 24.8 Å². The van der Waals surface area contributed by atoms with Gasteiger partial charge in [-0.1, -0.05) is 11.6 Å². The van der Waals surface area contributed by atoms with Crippen molar-refractivity contribution in [3.05, 3.63) is 11.6 Å². The van der Waals surface area contributed by atoms with Gasteiger partial charge in [-0.3, -0.25) is 0 Å². The van der Waals surface area contributed by atoms with E-state index in [0.29, 0.717) is 38.6 Å². The number of rotatable bonds is 3. The molecule has 0 aromatic heterocycles. The maximum Gasteiger partial charge on any atom is 0.282 e. The SMILES string of the molecule is CC1=CCCN(S(=O)(=O)N2CCCC(CN)C2)C1. The first-order chi connectivity index (χ1) is 8.54. The van der Waals surface area contributed by atoms with Crippen molar-refractivity contribution in [1.82, 2.24) is 8.61 Å². The summed E-state index contributed by atoms with van der Waals surface area (Å²) in [5.74, 6) is 0.315. The Morgan fingerprint density at radius 2 is 2.17 bits per heavy atom. The Balaban J connectivity index is 2.08. The van der Waals surface area contributed by atoms with Crippen molar-refractivity contribution in [3.63, 3.8) is 0 Å². The first-order valence-corrected chi connectivity index (χ1v) is 8.04.